The highest BCUT2D eigenvalue weighted by Gasteiger charge is 2.12. The summed E-state index contributed by atoms with van der Waals surface area (Å²) in [6.07, 6.45) is 3.29. The molecule has 0 unspecified atom stereocenters. The number of amides is 1. The van der Waals surface area contributed by atoms with E-state index in [0.717, 1.165) is 5.69 Å². The average Bonchev–Trinajstić information content (AvgIpc) is 2.56. The topological polar surface area (TPSA) is 104 Å². The molecule has 2 aromatic heterocycles. The van der Waals surface area contributed by atoms with E-state index in [9.17, 15) is 4.79 Å². The van der Waals surface area contributed by atoms with Gasteiger partial charge in [0.25, 0.3) is 0 Å². The molecule has 3 N–H and O–H groups in total. The second-order valence-electron chi connectivity index (χ2n) is 4.76. The van der Waals surface area contributed by atoms with Crippen LogP contribution in [-0.2, 0) is 4.79 Å². The van der Waals surface area contributed by atoms with Gasteiger partial charge in [-0.15, -0.1) is 0 Å². The fraction of sp³-hybridized carbons (Fsp3) is 0.133. The van der Waals surface area contributed by atoms with E-state index in [-0.39, 0.29) is 5.91 Å². The van der Waals surface area contributed by atoms with Crippen LogP contribution in [0.5, 0.6) is 0 Å². The maximum atomic E-state index is 11.1. The summed E-state index contributed by atoms with van der Waals surface area (Å²) in [5, 5.41) is 2.62. The van der Waals surface area contributed by atoms with Gasteiger partial charge < -0.3 is 10.7 Å². The van der Waals surface area contributed by atoms with E-state index in [1.165, 1.54) is 6.92 Å². The monoisotopic (exact) mass is 309 g/mol. The van der Waals surface area contributed by atoms with E-state index in [2.05, 4.69) is 36.1 Å². The van der Waals surface area contributed by atoms with E-state index < -0.39 is 0 Å². The number of hydrazine groups is 1. The third kappa shape index (κ3) is 3.95. The molecule has 0 saturated carbocycles. The van der Waals surface area contributed by atoms with Gasteiger partial charge in [0, 0.05) is 25.4 Å². The molecule has 8 nitrogen and oxygen atoms in total. The predicted molar refractivity (Wildman–Crippen MR) is 87.5 cm³/mol. The molecule has 2 aromatic rings. The lowest BCUT2D eigenvalue weighted by atomic mass is 10.3. The molecule has 116 valence electrons. The SMILES string of the molecule is CC(=O)Nc1cc(N=C2CNNC(c3ccccn3)=N2)ccn1. The first-order chi connectivity index (χ1) is 11.2. The third-order valence-corrected chi connectivity index (χ3v) is 2.91. The van der Waals surface area contributed by atoms with Crippen LogP contribution in [-0.4, -0.2) is 34.1 Å². The van der Waals surface area contributed by atoms with Crippen molar-refractivity contribution in [3.8, 4) is 0 Å². The van der Waals surface area contributed by atoms with Gasteiger partial charge in [0.2, 0.25) is 5.91 Å². The molecule has 3 rings (SSSR count). The Morgan fingerprint density at radius 3 is 2.96 bits per heavy atom. The van der Waals surface area contributed by atoms with Gasteiger partial charge in [0.15, 0.2) is 5.84 Å². The minimum Gasteiger partial charge on any atom is -0.311 e. The zero-order valence-electron chi connectivity index (χ0n) is 12.4. The maximum absolute atomic E-state index is 11.1. The second kappa shape index (κ2) is 6.75. The first kappa shape index (κ1) is 14.8. The Balaban J connectivity index is 1.86. The van der Waals surface area contributed by atoms with Crippen molar-refractivity contribution in [2.24, 2.45) is 9.98 Å². The largest absolute Gasteiger partial charge is 0.311 e. The van der Waals surface area contributed by atoms with Gasteiger partial charge >= 0.3 is 0 Å². The van der Waals surface area contributed by atoms with Crippen LogP contribution in [0, 0.1) is 0 Å². The zero-order chi connectivity index (χ0) is 16.1. The van der Waals surface area contributed by atoms with Gasteiger partial charge in [-0.3, -0.25) is 9.78 Å². The van der Waals surface area contributed by atoms with Crippen LogP contribution in [0.1, 0.15) is 12.6 Å². The maximum Gasteiger partial charge on any atom is 0.222 e. The Morgan fingerprint density at radius 2 is 2.17 bits per heavy atom. The van der Waals surface area contributed by atoms with Crippen molar-refractivity contribution in [1.82, 2.24) is 20.8 Å². The number of nitrogens with one attached hydrogen (secondary N) is 3. The van der Waals surface area contributed by atoms with Gasteiger partial charge in [-0.25, -0.2) is 20.4 Å². The summed E-state index contributed by atoms with van der Waals surface area (Å²) in [5.74, 6) is 1.48. The van der Waals surface area contributed by atoms with Crippen molar-refractivity contribution in [2.75, 3.05) is 11.9 Å². The summed E-state index contributed by atoms with van der Waals surface area (Å²) in [5.41, 5.74) is 7.37. The first-order valence-corrected chi connectivity index (χ1v) is 7.01. The summed E-state index contributed by atoms with van der Waals surface area (Å²) < 4.78 is 0. The number of anilines is 1. The number of hydrogen-bond acceptors (Lipinski definition) is 6. The molecule has 0 fully saturated rings. The van der Waals surface area contributed by atoms with Crippen molar-refractivity contribution in [3.05, 3.63) is 48.4 Å². The highest BCUT2D eigenvalue weighted by Crippen LogP contribution is 2.16. The standard InChI is InChI=1S/C15H15N7O/c1-10(23)19-13-8-11(5-7-17-13)20-14-9-18-22-15(21-14)12-4-2-3-6-16-12/h2-8,18H,9H2,1H3,(H2,17,19,20,21,22,23). The Kier molecular flexibility index (Phi) is 4.34. The smallest absolute Gasteiger partial charge is 0.222 e. The molecule has 1 aliphatic heterocycles. The number of aliphatic imine (C=N–C) groups is 2. The molecule has 3 heterocycles. The lowest BCUT2D eigenvalue weighted by Gasteiger charge is -2.16. The highest BCUT2D eigenvalue weighted by molar-refractivity contribution is 6.07. The molecule has 1 amide bonds. The van der Waals surface area contributed by atoms with E-state index in [1.54, 1.807) is 24.5 Å². The van der Waals surface area contributed by atoms with Gasteiger partial charge in [0.1, 0.15) is 17.3 Å². The third-order valence-electron chi connectivity index (χ3n) is 2.91. The molecule has 0 aliphatic carbocycles. The molecule has 23 heavy (non-hydrogen) atoms. The normalized spacial score (nSPS) is 15.7. The van der Waals surface area contributed by atoms with Crippen molar-refractivity contribution in [2.45, 2.75) is 6.92 Å². The average molecular weight is 309 g/mol. The Hall–Kier alpha value is -3.13. The second-order valence-corrected chi connectivity index (χ2v) is 4.76. The Morgan fingerprint density at radius 1 is 1.26 bits per heavy atom. The molecular weight excluding hydrogens is 294 g/mol. The summed E-state index contributed by atoms with van der Waals surface area (Å²) in [6, 6.07) is 9.02. The van der Waals surface area contributed by atoms with Crippen molar-refractivity contribution in [1.29, 1.82) is 0 Å². The lowest BCUT2D eigenvalue weighted by Crippen LogP contribution is -2.45. The van der Waals surface area contributed by atoms with Crippen molar-refractivity contribution < 1.29 is 4.79 Å². The van der Waals surface area contributed by atoms with Crippen LogP contribution >= 0.6 is 0 Å². The lowest BCUT2D eigenvalue weighted by molar-refractivity contribution is -0.114. The first-order valence-electron chi connectivity index (χ1n) is 7.01. The van der Waals surface area contributed by atoms with Crippen LogP contribution < -0.4 is 16.2 Å². The molecule has 0 radical (unpaired) electrons. The predicted octanol–water partition coefficient (Wildman–Crippen LogP) is 1.02. The molecule has 1 aliphatic rings. The number of carbonyl (C=O) groups excluding carboxylic acids is 1. The van der Waals surface area contributed by atoms with Crippen LogP contribution in [0.25, 0.3) is 0 Å². The van der Waals surface area contributed by atoms with Gasteiger partial charge in [-0.1, -0.05) is 6.07 Å². The number of hydrogen-bond donors (Lipinski definition) is 3. The summed E-state index contributed by atoms with van der Waals surface area (Å²) >= 11 is 0. The van der Waals surface area contributed by atoms with Gasteiger partial charge in [-0.05, 0) is 18.2 Å². The quantitative estimate of drug-likeness (QED) is 0.785. The van der Waals surface area contributed by atoms with E-state index in [1.807, 2.05) is 18.2 Å². The summed E-state index contributed by atoms with van der Waals surface area (Å²) in [7, 11) is 0. The van der Waals surface area contributed by atoms with Crippen LogP contribution in [0.15, 0.2) is 52.7 Å². The van der Waals surface area contributed by atoms with Crippen LogP contribution in [0.3, 0.4) is 0 Å². The fourth-order valence-electron chi connectivity index (χ4n) is 1.98. The molecule has 0 spiro atoms. The van der Waals surface area contributed by atoms with Crippen LogP contribution in [0.4, 0.5) is 11.5 Å². The fourth-order valence-corrected chi connectivity index (χ4v) is 1.98. The zero-order valence-corrected chi connectivity index (χ0v) is 12.4. The Bertz CT molecular complexity index is 770. The Labute approximate surface area is 132 Å². The molecule has 0 saturated heterocycles. The molecule has 0 aromatic carbocycles. The molecule has 0 atom stereocenters. The molecule has 0 bridgehead atoms. The number of amidine groups is 2. The number of nitrogens with zero attached hydrogens (tertiary/aromatic N) is 4. The van der Waals surface area contributed by atoms with E-state index in [0.29, 0.717) is 29.7 Å². The van der Waals surface area contributed by atoms with Gasteiger partial charge in [-0.2, -0.15) is 0 Å². The van der Waals surface area contributed by atoms with Crippen LogP contribution in [0.2, 0.25) is 0 Å². The minimum absolute atomic E-state index is 0.179. The minimum atomic E-state index is -0.179. The van der Waals surface area contributed by atoms with Crippen molar-refractivity contribution in [3.63, 3.8) is 0 Å². The number of rotatable bonds is 3. The van der Waals surface area contributed by atoms with E-state index in [4.69, 9.17) is 0 Å². The van der Waals surface area contributed by atoms with Gasteiger partial charge in [0.05, 0.1) is 12.2 Å². The highest BCUT2D eigenvalue weighted by atomic mass is 16.1. The van der Waals surface area contributed by atoms with E-state index >= 15 is 0 Å². The summed E-state index contributed by atoms with van der Waals surface area (Å²) in [6.45, 7) is 1.90. The molecular formula is C15H15N7O. The number of pyridine rings is 2. The molecule has 8 heteroatoms. The summed E-state index contributed by atoms with van der Waals surface area (Å²) in [4.78, 5) is 28.3. The number of aromatic nitrogens is 2. The number of carbonyl (C=O) groups is 1. The van der Waals surface area contributed by atoms with Crippen molar-refractivity contribution >= 4 is 29.1 Å².